The lowest BCUT2D eigenvalue weighted by Gasteiger charge is -2.10. The quantitative estimate of drug-likeness (QED) is 0.627. The molecule has 0 aliphatic rings. The summed E-state index contributed by atoms with van der Waals surface area (Å²) in [4.78, 5) is 16.1. The van der Waals surface area contributed by atoms with E-state index < -0.39 is 0 Å². The van der Waals surface area contributed by atoms with Gasteiger partial charge in [0.25, 0.3) is 0 Å². The van der Waals surface area contributed by atoms with Crippen LogP contribution < -0.4 is 24.4 Å². The molecule has 2 rings (SSSR count). The van der Waals surface area contributed by atoms with Gasteiger partial charge in [0.05, 0.1) is 20.3 Å². The van der Waals surface area contributed by atoms with E-state index in [0.717, 1.165) is 16.9 Å². The Morgan fingerprint density at radius 3 is 2.57 bits per heavy atom. The van der Waals surface area contributed by atoms with Gasteiger partial charge in [-0.25, -0.2) is 0 Å². The Labute approximate surface area is 134 Å². The number of aromatic nitrogens is 1. The molecule has 0 fully saturated rings. The van der Waals surface area contributed by atoms with Gasteiger partial charge in [0.2, 0.25) is 0 Å². The Bertz CT molecular complexity index is 704. The standard InChI is InChI=1S/C16H19N3O4/c1-11-10-19(23-4)16(8-14(11)18-20)17-9-12-5-6-13(21-2)7-15(12)22-3/h5-8,10H,9H2,1-4H3/p+1. The molecule has 23 heavy (non-hydrogen) atoms. The van der Waals surface area contributed by atoms with Crippen LogP contribution in [0.5, 0.6) is 11.5 Å². The number of hydrogen-bond donors (Lipinski definition) is 1. The summed E-state index contributed by atoms with van der Waals surface area (Å²) in [6, 6.07) is 7.23. The Kier molecular flexibility index (Phi) is 5.35. The molecule has 0 atom stereocenters. The predicted octanol–water partition coefficient (Wildman–Crippen LogP) is 2.37. The fourth-order valence-electron chi connectivity index (χ4n) is 2.18. The molecule has 1 aromatic carbocycles. The Hall–Kier alpha value is -2.83. The summed E-state index contributed by atoms with van der Waals surface area (Å²) in [5.41, 5.74) is 2.04. The van der Waals surface area contributed by atoms with Crippen molar-refractivity contribution in [3.05, 3.63) is 46.5 Å². The number of rotatable bonds is 7. The second kappa shape index (κ2) is 7.44. The molecule has 0 amide bonds. The minimum absolute atomic E-state index is 0.363. The number of pyridine rings is 1. The number of methoxy groups -OCH3 is 2. The number of nitroso groups, excluding NO2 is 1. The van der Waals surface area contributed by atoms with Crippen LogP contribution in [0.4, 0.5) is 11.5 Å². The molecule has 122 valence electrons. The Balaban J connectivity index is 2.25. The fraction of sp³-hybridized carbons (Fsp3) is 0.312. The van der Waals surface area contributed by atoms with Crippen molar-refractivity contribution in [3.8, 4) is 11.5 Å². The maximum Gasteiger partial charge on any atom is 0.316 e. The van der Waals surface area contributed by atoms with Gasteiger partial charge in [0, 0.05) is 17.2 Å². The van der Waals surface area contributed by atoms with Crippen molar-refractivity contribution >= 4 is 11.5 Å². The van der Waals surface area contributed by atoms with Gasteiger partial charge in [-0.3, -0.25) is 5.32 Å². The van der Waals surface area contributed by atoms with Crippen molar-refractivity contribution in [3.63, 3.8) is 0 Å². The maximum atomic E-state index is 10.9. The molecule has 0 spiro atoms. The van der Waals surface area contributed by atoms with Crippen LogP contribution in [0.15, 0.2) is 35.6 Å². The largest absolute Gasteiger partial charge is 0.497 e. The van der Waals surface area contributed by atoms with Gasteiger partial charge < -0.3 is 14.3 Å². The molecule has 0 unspecified atom stereocenters. The third-order valence-corrected chi connectivity index (χ3v) is 3.48. The first-order valence-corrected chi connectivity index (χ1v) is 7.01. The van der Waals surface area contributed by atoms with E-state index in [1.54, 1.807) is 45.2 Å². The zero-order valence-corrected chi connectivity index (χ0v) is 13.6. The number of nitrogens with one attached hydrogen (secondary N) is 1. The first-order valence-electron chi connectivity index (χ1n) is 7.01. The minimum Gasteiger partial charge on any atom is -0.497 e. The van der Waals surface area contributed by atoms with Crippen molar-refractivity contribution in [1.29, 1.82) is 0 Å². The number of ether oxygens (including phenoxy) is 2. The van der Waals surface area contributed by atoms with Gasteiger partial charge in [0.15, 0.2) is 0 Å². The molecule has 7 heteroatoms. The lowest BCUT2D eigenvalue weighted by molar-refractivity contribution is -0.874. The molecule has 0 aliphatic heterocycles. The molecule has 0 saturated carbocycles. The van der Waals surface area contributed by atoms with E-state index in [2.05, 4.69) is 10.5 Å². The predicted molar refractivity (Wildman–Crippen MR) is 86.2 cm³/mol. The van der Waals surface area contributed by atoms with E-state index in [1.807, 2.05) is 18.2 Å². The van der Waals surface area contributed by atoms with Crippen molar-refractivity contribution < 1.29 is 19.0 Å². The minimum atomic E-state index is 0.363. The van der Waals surface area contributed by atoms with Crippen LogP contribution in [0, 0.1) is 11.8 Å². The molecule has 2 aromatic rings. The van der Waals surface area contributed by atoms with Crippen molar-refractivity contribution in [1.82, 2.24) is 0 Å². The summed E-state index contributed by atoms with van der Waals surface area (Å²) in [5, 5.41) is 6.23. The second-order valence-corrected chi connectivity index (χ2v) is 4.86. The number of aryl methyl sites for hydroxylation is 1. The van der Waals surface area contributed by atoms with Crippen LogP contribution >= 0.6 is 0 Å². The van der Waals surface area contributed by atoms with Crippen LogP contribution in [0.25, 0.3) is 0 Å². The highest BCUT2D eigenvalue weighted by Gasteiger charge is 2.16. The van der Waals surface area contributed by atoms with E-state index in [0.29, 0.717) is 23.8 Å². The average molecular weight is 318 g/mol. The maximum absolute atomic E-state index is 10.9. The second-order valence-electron chi connectivity index (χ2n) is 4.86. The molecular weight excluding hydrogens is 298 g/mol. The van der Waals surface area contributed by atoms with Crippen LogP contribution in [-0.2, 0) is 6.54 Å². The molecule has 0 aliphatic carbocycles. The molecule has 0 saturated heterocycles. The lowest BCUT2D eigenvalue weighted by Crippen LogP contribution is -2.43. The van der Waals surface area contributed by atoms with Crippen molar-refractivity contribution in [2.45, 2.75) is 13.5 Å². The highest BCUT2D eigenvalue weighted by atomic mass is 16.6. The van der Waals surface area contributed by atoms with Gasteiger partial charge in [-0.2, -0.15) is 0 Å². The van der Waals surface area contributed by atoms with E-state index >= 15 is 0 Å². The third kappa shape index (κ3) is 3.68. The summed E-state index contributed by atoms with van der Waals surface area (Å²) in [5.74, 6) is 2.05. The van der Waals surface area contributed by atoms with E-state index in [1.165, 1.54) is 0 Å². The van der Waals surface area contributed by atoms with E-state index in [-0.39, 0.29) is 0 Å². The Morgan fingerprint density at radius 2 is 1.96 bits per heavy atom. The first-order chi connectivity index (χ1) is 11.1. The van der Waals surface area contributed by atoms with Crippen molar-refractivity contribution in [2.75, 3.05) is 26.6 Å². The zero-order valence-electron chi connectivity index (χ0n) is 13.6. The van der Waals surface area contributed by atoms with Crippen LogP contribution in [0.1, 0.15) is 11.1 Å². The summed E-state index contributed by atoms with van der Waals surface area (Å²) < 4.78 is 12.1. The van der Waals surface area contributed by atoms with E-state index in [4.69, 9.17) is 14.3 Å². The topological polar surface area (TPSA) is 73.0 Å². The normalized spacial score (nSPS) is 10.1. The molecule has 1 N–H and O–H groups in total. The number of benzene rings is 1. The number of nitrogens with zero attached hydrogens (tertiary/aromatic N) is 2. The average Bonchev–Trinajstić information content (AvgIpc) is 2.60. The lowest BCUT2D eigenvalue weighted by atomic mass is 10.2. The molecule has 1 aromatic heterocycles. The first kappa shape index (κ1) is 16.5. The molecule has 1 heterocycles. The third-order valence-electron chi connectivity index (χ3n) is 3.48. The number of hydrogen-bond acceptors (Lipinski definition) is 6. The van der Waals surface area contributed by atoms with Gasteiger partial charge in [-0.1, -0.05) is 0 Å². The molecule has 0 bridgehead atoms. The van der Waals surface area contributed by atoms with Gasteiger partial charge in [0.1, 0.15) is 37.0 Å². The fourth-order valence-corrected chi connectivity index (χ4v) is 2.18. The Morgan fingerprint density at radius 1 is 1.17 bits per heavy atom. The smallest absolute Gasteiger partial charge is 0.316 e. The van der Waals surface area contributed by atoms with Crippen LogP contribution in [-0.4, -0.2) is 21.3 Å². The summed E-state index contributed by atoms with van der Waals surface area (Å²) in [6.07, 6.45) is 1.70. The van der Waals surface area contributed by atoms with Gasteiger partial charge in [-0.05, 0) is 29.0 Å². The van der Waals surface area contributed by atoms with E-state index in [9.17, 15) is 4.91 Å². The summed E-state index contributed by atoms with van der Waals surface area (Å²) in [6.45, 7) is 2.28. The van der Waals surface area contributed by atoms with Crippen LogP contribution in [0.3, 0.4) is 0 Å². The molecule has 7 nitrogen and oxygen atoms in total. The number of anilines is 1. The molecule has 0 radical (unpaired) electrons. The SMILES string of the molecule is COc1ccc(CNc2cc(N=O)c(C)c[n+]2OC)c(OC)c1. The highest BCUT2D eigenvalue weighted by molar-refractivity contribution is 5.50. The van der Waals surface area contributed by atoms with Crippen molar-refractivity contribution in [2.24, 2.45) is 5.18 Å². The van der Waals surface area contributed by atoms with Gasteiger partial charge in [-0.15, -0.1) is 4.91 Å². The summed E-state index contributed by atoms with van der Waals surface area (Å²) in [7, 11) is 4.76. The van der Waals surface area contributed by atoms with Gasteiger partial charge >= 0.3 is 5.82 Å². The monoisotopic (exact) mass is 318 g/mol. The van der Waals surface area contributed by atoms with Crippen LogP contribution in [0.2, 0.25) is 0 Å². The highest BCUT2D eigenvalue weighted by Crippen LogP contribution is 2.25. The zero-order chi connectivity index (χ0) is 16.8. The molecular formula is C16H20N3O4+. The summed E-state index contributed by atoms with van der Waals surface area (Å²) >= 11 is 0.